The molecule has 0 radical (unpaired) electrons. The molecule has 2 aliphatic heterocycles. The minimum Gasteiger partial charge on any atom is -0.497 e. The van der Waals surface area contributed by atoms with Crippen molar-refractivity contribution in [3.8, 4) is 5.75 Å². The first-order chi connectivity index (χ1) is 11.3. The maximum absolute atomic E-state index is 5.43. The molecule has 0 amide bonds. The Bertz CT molecular complexity index is 676. The van der Waals surface area contributed by atoms with Crippen molar-refractivity contribution in [2.75, 3.05) is 46.5 Å². The zero-order valence-corrected chi connectivity index (χ0v) is 13.7. The second kappa shape index (κ2) is 6.51. The summed E-state index contributed by atoms with van der Waals surface area (Å²) in [6.45, 7) is 6.04. The number of aromatic amines is 1. The van der Waals surface area contributed by atoms with Crippen LogP contribution in [0.15, 0.2) is 18.2 Å². The van der Waals surface area contributed by atoms with Gasteiger partial charge < -0.3 is 19.8 Å². The van der Waals surface area contributed by atoms with Crippen molar-refractivity contribution >= 4 is 10.9 Å². The molecule has 0 spiro atoms. The first-order valence-electron chi connectivity index (χ1n) is 8.57. The number of morpholine rings is 1. The average Bonchev–Trinajstić information content (AvgIpc) is 2.99. The number of nitrogens with zero attached hydrogens (tertiary/aromatic N) is 1. The first-order valence-corrected chi connectivity index (χ1v) is 8.57. The summed E-state index contributed by atoms with van der Waals surface area (Å²) in [7, 11) is 1.72. The first kappa shape index (κ1) is 15.0. The Kier molecular flexibility index (Phi) is 4.25. The number of hydrogen-bond acceptors (Lipinski definition) is 4. The molecule has 5 heteroatoms. The van der Waals surface area contributed by atoms with Crippen LogP contribution < -0.4 is 10.1 Å². The molecule has 1 aromatic carbocycles. The minimum absolute atomic E-state index is 0.417. The van der Waals surface area contributed by atoms with E-state index in [0.717, 1.165) is 58.0 Å². The Morgan fingerprint density at radius 2 is 2.17 bits per heavy atom. The molecule has 124 valence electrons. The number of aromatic nitrogens is 1. The van der Waals surface area contributed by atoms with Crippen LogP contribution in [0.4, 0.5) is 0 Å². The van der Waals surface area contributed by atoms with Crippen molar-refractivity contribution < 1.29 is 9.47 Å². The number of benzene rings is 1. The van der Waals surface area contributed by atoms with Gasteiger partial charge in [-0.05, 0) is 37.1 Å². The van der Waals surface area contributed by atoms with E-state index < -0.39 is 0 Å². The van der Waals surface area contributed by atoms with Crippen molar-refractivity contribution in [2.45, 2.75) is 18.9 Å². The van der Waals surface area contributed by atoms with Crippen LogP contribution in [0.25, 0.3) is 10.9 Å². The number of ether oxygens (including phenoxy) is 2. The van der Waals surface area contributed by atoms with Crippen LogP contribution in [0.2, 0.25) is 0 Å². The fourth-order valence-electron chi connectivity index (χ4n) is 3.81. The van der Waals surface area contributed by atoms with Gasteiger partial charge in [-0.2, -0.15) is 0 Å². The molecule has 0 saturated carbocycles. The van der Waals surface area contributed by atoms with Gasteiger partial charge >= 0.3 is 0 Å². The van der Waals surface area contributed by atoms with Gasteiger partial charge in [-0.3, -0.25) is 4.90 Å². The fraction of sp³-hybridized carbons (Fsp3) is 0.556. The normalized spacial score (nSPS) is 22.2. The van der Waals surface area contributed by atoms with E-state index in [2.05, 4.69) is 33.4 Å². The Balaban J connectivity index is 1.55. The van der Waals surface area contributed by atoms with Gasteiger partial charge in [0.05, 0.1) is 20.3 Å². The lowest BCUT2D eigenvalue weighted by Crippen LogP contribution is -2.39. The molecule has 5 nitrogen and oxygen atoms in total. The van der Waals surface area contributed by atoms with Crippen LogP contribution in [0, 0.1) is 0 Å². The van der Waals surface area contributed by atoms with Gasteiger partial charge in [-0.15, -0.1) is 0 Å². The number of rotatable bonds is 4. The van der Waals surface area contributed by atoms with Crippen molar-refractivity contribution in [3.05, 3.63) is 29.5 Å². The van der Waals surface area contributed by atoms with E-state index in [1.807, 2.05) is 0 Å². The molecule has 1 aromatic heterocycles. The maximum Gasteiger partial charge on any atom is 0.120 e. The summed E-state index contributed by atoms with van der Waals surface area (Å²) in [4.78, 5) is 6.15. The van der Waals surface area contributed by atoms with E-state index in [-0.39, 0.29) is 0 Å². The molecule has 1 atom stereocenters. The van der Waals surface area contributed by atoms with Crippen LogP contribution >= 0.6 is 0 Å². The predicted octanol–water partition coefficient (Wildman–Crippen LogP) is 2.09. The van der Waals surface area contributed by atoms with E-state index in [9.17, 15) is 0 Å². The molecule has 2 aromatic rings. The van der Waals surface area contributed by atoms with Crippen LogP contribution in [0.1, 0.15) is 23.7 Å². The fourth-order valence-corrected chi connectivity index (χ4v) is 3.81. The molecule has 0 unspecified atom stereocenters. The van der Waals surface area contributed by atoms with Gasteiger partial charge in [0.1, 0.15) is 5.75 Å². The van der Waals surface area contributed by atoms with Crippen molar-refractivity contribution in [3.63, 3.8) is 0 Å². The third-order valence-electron chi connectivity index (χ3n) is 5.10. The number of H-pyrrole nitrogens is 1. The molecule has 0 aliphatic carbocycles. The SMILES string of the molecule is COc1ccc2c3c([nH]c2c1)[C@@H](CCN1CCOCC1)NCC3. The Morgan fingerprint density at radius 3 is 3.00 bits per heavy atom. The van der Waals surface area contributed by atoms with E-state index >= 15 is 0 Å². The zero-order chi connectivity index (χ0) is 15.6. The molecule has 4 rings (SSSR count). The molecule has 3 heterocycles. The van der Waals surface area contributed by atoms with Crippen molar-refractivity contribution in [2.24, 2.45) is 0 Å². The molecule has 1 saturated heterocycles. The lowest BCUT2D eigenvalue weighted by molar-refractivity contribution is 0.0360. The highest BCUT2D eigenvalue weighted by atomic mass is 16.5. The number of methoxy groups -OCH3 is 1. The second-order valence-electron chi connectivity index (χ2n) is 6.43. The zero-order valence-electron chi connectivity index (χ0n) is 13.7. The topological polar surface area (TPSA) is 49.5 Å². The predicted molar refractivity (Wildman–Crippen MR) is 91.2 cm³/mol. The van der Waals surface area contributed by atoms with Gasteiger partial charge in [0.25, 0.3) is 0 Å². The van der Waals surface area contributed by atoms with Gasteiger partial charge in [0, 0.05) is 48.3 Å². The Hall–Kier alpha value is -1.56. The van der Waals surface area contributed by atoms with Crippen LogP contribution in [-0.4, -0.2) is 56.4 Å². The third kappa shape index (κ3) is 2.96. The second-order valence-corrected chi connectivity index (χ2v) is 6.43. The van der Waals surface area contributed by atoms with Crippen molar-refractivity contribution in [1.82, 2.24) is 15.2 Å². The summed E-state index contributed by atoms with van der Waals surface area (Å²) >= 11 is 0. The number of nitrogens with one attached hydrogen (secondary N) is 2. The Labute approximate surface area is 136 Å². The lowest BCUT2D eigenvalue weighted by Gasteiger charge is -2.30. The molecule has 1 fully saturated rings. The Morgan fingerprint density at radius 1 is 1.30 bits per heavy atom. The molecule has 0 bridgehead atoms. The highest BCUT2D eigenvalue weighted by molar-refractivity contribution is 5.86. The average molecular weight is 315 g/mol. The third-order valence-corrected chi connectivity index (χ3v) is 5.10. The van der Waals surface area contributed by atoms with E-state index in [1.165, 1.54) is 22.2 Å². The largest absolute Gasteiger partial charge is 0.497 e. The molecule has 2 aliphatic rings. The molecule has 2 N–H and O–H groups in total. The van der Waals surface area contributed by atoms with Crippen LogP contribution in [0.5, 0.6) is 5.75 Å². The number of hydrogen-bond donors (Lipinski definition) is 2. The lowest BCUT2D eigenvalue weighted by atomic mass is 9.97. The van der Waals surface area contributed by atoms with Gasteiger partial charge in [0.15, 0.2) is 0 Å². The summed E-state index contributed by atoms with van der Waals surface area (Å²) in [6, 6.07) is 6.77. The van der Waals surface area contributed by atoms with E-state index in [4.69, 9.17) is 9.47 Å². The van der Waals surface area contributed by atoms with Crippen LogP contribution in [-0.2, 0) is 11.2 Å². The molecule has 23 heavy (non-hydrogen) atoms. The maximum atomic E-state index is 5.43. The highest BCUT2D eigenvalue weighted by Crippen LogP contribution is 2.33. The molecular weight excluding hydrogens is 290 g/mol. The monoisotopic (exact) mass is 315 g/mol. The summed E-state index contributed by atoms with van der Waals surface area (Å²) in [6.07, 6.45) is 2.23. The smallest absolute Gasteiger partial charge is 0.120 e. The number of fused-ring (bicyclic) bond motifs is 3. The standard InChI is InChI=1S/C18H25N3O2/c1-22-13-2-3-14-15-4-6-19-16(18(15)20-17(14)12-13)5-7-21-8-10-23-11-9-21/h2-3,12,16,19-20H,4-11H2,1H3/t16-/m1/s1. The highest BCUT2D eigenvalue weighted by Gasteiger charge is 2.24. The minimum atomic E-state index is 0.417. The summed E-state index contributed by atoms with van der Waals surface area (Å²) in [5.41, 5.74) is 4.04. The quantitative estimate of drug-likeness (QED) is 0.907. The van der Waals surface area contributed by atoms with E-state index in [1.54, 1.807) is 7.11 Å². The summed E-state index contributed by atoms with van der Waals surface area (Å²) in [5, 5.41) is 5.03. The van der Waals surface area contributed by atoms with Gasteiger partial charge in [0.2, 0.25) is 0 Å². The molecular formula is C18H25N3O2. The van der Waals surface area contributed by atoms with Crippen LogP contribution in [0.3, 0.4) is 0 Å². The van der Waals surface area contributed by atoms with Gasteiger partial charge in [-0.1, -0.05) is 0 Å². The summed E-state index contributed by atoms with van der Waals surface area (Å²) < 4.78 is 10.8. The van der Waals surface area contributed by atoms with Gasteiger partial charge in [-0.25, -0.2) is 0 Å². The van der Waals surface area contributed by atoms with Crippen molar-refractivity contribution in [1.29, 1.82) is 0 Å². The summed E-state index contributed by atoms with van der Waals surface area (Å²) in [5.74, 6) is 0.911. The van der Waals surface area contributed by atoms with E-state index in [0.29, 0.717) is 6.04 Å².